The van der Waals surface area contributed by atoms with E-state index in [4.69, 9.17) is 5.73 Å². The monoisotopic (exact) mass is 298 g/mol. The Morgan fingerprint density at radius 1 is 1.53 bits per heavy atom. The molecule has 0 saturated heterocycles. The van der Waals surface area contributed by atoms with E-state index < -0.39 is 6.03 Å². The lowest BCUT2D eigenvalue weighted by Gasteiger charge is -2.07. The van der Waals surface area contributed by atoms with E-state index in [0.717, 1.165) is 5.65 Å². The molecule has 0 atom stereocenters. The quantitative estimate of drug-likeness (QED) is 0.719. The molecule has 0 bridgehead atoms. The van der Waals surface area contributed by atoms with Gasteiger partial charge in [-0.05, 0) is 15.9 Å². The first kappa shape index (κ1) is 11.6. The number of carbonyl (C=O) groups excluding carboxylic acids is 1. The molecule has 2 aromatic heterocycles. The number of nitrogens with one attached hydrogen (secondary N) is 2. The Kier molecular flexibility index (Phi) is 3.43. The molecule has 0 radical (unpaired) electrons. The first-order chi connectivity index (χ1) is 8.16. The minimum atomic E-state index is -0.542. The number of fused-ring (bicyclic) bond motifs is 1. The van der Waals surface area contributed by atoms with Crippen molar-refractivity contribution in [3.8, 4) is 0 Å². The molecule has 0 aliphatic heterocycles. The number of imidazole rings is 1. The molecule has 0 unspecified atom stereocenters. The summed E-state index contributed by atoms with van der Waals surface area (Å²) in [5.74, 6) is 0.649. The van der Waals surface area contributed by atoms with Gasteiger partial charge in [-0.2, -0.15) is 0 Å². The summed E-state index contributed by atoms with van der Waals surface area (Å²) in [4.78, 5) is 18.9. The van der Waals surface area contributed by atoms with Crippen LogP contribution in [0.15, 0.2) is 23.2 Å². The van der Waals surface area contributed by atoms with Crippen molar-refractivity contribution in [1.82, 2.24) is 19.7 Å². The maximum Gasteiger partial charge on any atom is 0.312 e. The van der Waals surface area contributed by atoms with Crippen LogP contribution in [0, 0.1) is 0 Å². The number of urea groups is 1. The molecule has 0 spiro atoms. The highest BCUT2D eigenvalue weighted by Crippen LogP contribution is 2.16. The summed E-state index contributed by atoms with van der Waals surface area (Å²) >= 11 is 3.31. The molecule has 4 N–H and O–H groups in total. The van der Waals surface area contributed by atoms with Crippen LogP contribution in [0.3, 0.4) is 0 Å². The number of aromatic nitrogens is 3. The second kappa shape index (κ2) is 5.00. The van der Waals surface area contributed by atoms with Crippen molar-refractivity contribution >= 4 is 33.4 Å². The van der Waals surface area contributed by atoms with Gasteiger partial charge in [-0.25, -0.2) is 14.8 Å². The highest BCUT2D eigenvalue weighted by atomic mass is 79.9. The standard InChI is InChI=1S/C9H11BrN6O/c10-6-5-16-4-3-13-8(16)7(15-6)12-1-2-14-9(11)17/h3-5H,1-2H2,(H,12,15)(H3,11,14,17). The molecule has 2 aromatic rings. The summed E-state index contributed by atoms with van der Waals surface area (Å²) in [6, 6.07) is -0.542. The molecule has 2 amide bonds. The van der Waals surface area contributed by atoms with Gasteiger partial charge in [-0.15, -0.1) is 0 Å². The summed E-state index contributed by atoms with van der Waals surface area (Å²) in [6.45, 7) is 0.950. The van der Waals surface area contributed by atoms with E-state index in [9.17, 15) is 4.79 Å². The summed E-state index contributed by atoms with van der Waals surface area (Å²) in [5, 5.41) is 5.56. The third-order valence-corrected chi connectivity index (χ3v) is 2.44. The maximum absolute atomic E-state index is 10.5. The van der Waals surface area contributed by atoms with Crippen LogP contribution < -0.4 is 16.4 Å². The second-order valence-electron chi connectivity index (χ2n) is 3.29. The molecule has 2 rings (SSSR count). The normalized spacial score (nSPS) is 10.4. The van der Waals surface area contributed by atoms with Gasteiger partial charge in [0, 0.05) is 31.7 Å². The van der Waals surface area contributed by atoms with Gasteiger partial charge in [0.15, 0.2) is 11.5 Å². The van der Waals surface area contributed by atoms with Crippen LogP contribution in [0.2, 0.25) is 0 Å². The number of carbonyl (C=O) groups is 1. The molecule has 17 heavy (non-hydrogen) atoms. The largest absolute Gasteiger partial charge is 0.365 e. The van der Waals surface area contributed by atoms with Crippen LogP contribution >= 0.6 is 15.9 Å². The summed E-state index contributed by atoms with van der Waals surface area (Å²) in [6.07, 6.45) is 5.33. The first-order valence-electron chi connectivity index (χ1n) is 4.93. The summed E-state index contributed by atoms with van der Waals surface area (Å²) in [5.41, 5.74) is 5.68. The predicted molar refractivity (Wildman–Crippen MR) is 66.8 cm³/mol. The van der Waals surface area contributed by atoms with Gasteiger partial charge < -0.3 is 20.8 Å². The molecular weight excluding hydrogens is 288 g/mol. The predicted octanol–water partition coefficient (Wildman–Crippen LogP) is 0.572. The fraction of sp³-hybridized carbons (Fsp3) is 0.222. The van der Waals surface area contributed by atoms with Crippen molar-refractivity contribution in [2.24, 2.45) is 5.73 Å². The van der Waals surface area contributed by atoms with E-state index in [2.05, 4.69) is 36.5 Å². The Morgan fingerprint density at radius 2 is 2.35 bits per heavy atom. The van der Waals surface area contributed by atoms with Crippen LogP contribution in [0.4, 0.5) is 10.6 Å². The Balaban J connectivity index is 2.07. The number of nitrogens with zero attached hydrogens (tertiary/aromatic N) is 3. The topological polar surface area (TPSA) is 97.3 Å². The SMILES string of the molecule is NC(=O)NCCNc1nc(Br)cn2ccnc12. The fourth-order valence-corrected chi connectivity index (χ4v) is 1.78. The minimum Gasteiger partial charge on any atom is -0.365 e. The van der Waals surface area contributed by atoms with Crippen molar-refractivity contribution in [3.05, 3.63) is 23.2 Å². The lowest BCUT2D eigenvalue weighted by molar-refractivity contribution is 0.249. The molecular formula is C9H11BrN6O. The zero-order valence-electron chi connectivity index (χ0n) is 8.85. The second-order valence-corrected chi connectivity index (χ2v) is 4.10. The third-order valence-electron chi connectivity index (χ3n) is 2.06. The van der Waals surface area contributed by atoms with Gasteiger partial charge in [-0.1, -0.05) is 0 Å². The molecule has 0 aliphatic carbocycles. The van der Waals surface area contributed by atoms with Crippen LogP contribution in [0.25, 0.3) is 5.65 Å². The van der Waals surface area contributed by atoms with E-state index in [0.29, 0.717) is 23.5 Å². The molecule has 0 fully saturated rings. The molecule has 2 heterocycles. The van der Waals surface area contributed by atoms with Crippen LogP contribution in [-0.4, -0.2) is 33.5 Å². The first-order valence-corrected chi connectivity index (χ1v) is 5.72. The Labute approximate surface area is 106 Å². The number of amides is 2. The van der Waals surface area contributed by atoms with Gasteiger partial charge >= 0.3 is 6.03 Å². The Bertz CT molecular complexity index is 539. The van der Waals surface area contributed by atoms with Crippen LogP contribution in [-0.2, 0) is 0 Å². The number of nitrogens with two attached hydrogens (primary N) is 1. The number of anilines is 1. The lowest BCUT2D eigenvalue weighted by Crippen LogP contribution is -2.33. The number of halogens is 1. The summed E-state index contributed by atoms with van der Waals surface area (Å²) in [7, 11) is 0. The van der Waals surface area contributed by atoms with Gasteiger partial charge in [0.2, 0.25) is 0 Å². The maximum atomic E-state index is 10.5. The molecule has 0 aliphatic rings. The number of hydrogen-bond acceptors (Lipinski definition) is 4. The number of hydrogen-bond donors (Lipinski definition) is 3. The molecule has 8 heteroatoms. The highest BCUT2D eigenvalue weighted by Gasteiger charge is 2.05. The van der Waals surface area contributed by atoms with Crippen molar-refractivity contribution in [2.75, 3.05) is 18.4 Å². The van der Waals surface area contributed by atoms with Gasteiger partial charge in [-0.3, -0.25) is 0 Å². The molecule has 7 nitrogen and oxygen atoms in total. The van der Waals surface area contributed by atoms with E-state index in [-0.39, 0.29) is 0 Å². The van der Waals surface area contributed by atoms with Crippen LogP contribution in [0.5, 0.6) is 0 Å². The number of rotatable bonds is 4. The van der Waals surface area contributed by atoms with E-state index in [1.54, 1.807) is 6.20 Å². The zero-order valence-corrected chi connectivity index (χ0v) is 10.4. The average Bonchev–Trinajstić information content (AvgIpc) is 2.71. The number of primary amides is 1. The van der Waals surface area contributed by atoms with Crippen molar-refractivity contribution < 1.29 is 4.79 Å². The van der Waals surface area contributed by atoms with Crippen molar-refractivity contribution in [3.63, 3.8) is 0 Å². The van der Waals surface area contributed by atoms with Gasteiger partial charge in [0.05, 0.1) is 0 Å². The molecule has 0 saturated carbocycles. The Morgan fingerprint density at radius 3 is 3.12 bits per heavy atom. The molecule has 90 valence electrons. The van der Waals surface area contributed by atoms with Crippen LogP contribution in [0.1, 0.15) is 0 Å². The van der Waals surface area contributed by atoms with Crippen molar-refractivity contribution in [2.45, 2.75) is 0 Å². The minimum absolute atomic E-state index is 0.427. The van der Waals surface area contributed by atoms with E-state index in [1.807, 2.05) is 16.8 Å². The zero-order chi connectivity index (χ0) is 12.3. The van der Waals surface area contributed by atoms with E-state index >= 15 is 0 Å². The van der Waals surface area contributed by atoms with Gasteiger partial charge in [0.1, 0.15) is 4.60 Å². The van der Waals surface area contributed by atoms with Gasteiger partial charge in [0.25, 0.3) is 0 Å². The summed E-state index contributed by atoms with van der Waals surface area (Å²) < 4.78 is 2.55. The highest BCUT2D eigenvalue weighted by molar-refractivity contribution is 9.10. The van der Waals surface area contributed by atoms with E-state index in [1.165, 1.54) is 0 Å². The molecule has 0 aromatic carbocycles. The Hall–Kier alpha value is -1.83. The fourth-order valence-electron chi connectivity index (χ4n) is 1.39. The van der Waals surface area contributed by atoms with Crippen molar-refractivity contribution in [1.29, 1.82) is 0 Å². The smallest absolute Gasteiger partial charge is 0.312 e. The lowest BCUT2D eigenvalue weighted by atomic mass is 10.5. The third kappa shape index (κ3) is 2.84. The average molecular weight is 299 g/mol.